The van der Waals surface area contributed by atoms with Gasteiger partial charge in [-0.3, -0.25) is 14.6 Å². The number of benzene rings is 1. The van der Waals surface area contributed by atoms with Crippen molar-refractivity contribution < 1.29 is 14.0 Å². The molecule has 0 bridgehead atoms. The lowest BCUT2D eigenvalue weighted by Crippen LogP contribution is -2.37. The zero-order chi connectivity index (χ0) is 15.9. The first-order chi connectivity index (χ1) is 10.6. The Labute approximate surface area is 127 Å². The third-order valence-electron chi connectivity index (χ3n) is 3.18. The fraction of sp³-hybridized carbons (Fsp3) is 0.188. The van der Waals surface area contributed by atoms with Crippen LogP contribution in [0.1, 0.15) is 23.6 Å². The fourth-order valence-electron chi connectivity index (χ4n) is 2.01. The van der Waals surface area contributed by atoms with E-state index in [0.717, 1.165) is 5.56 Å². The maximum Gasteiger partial charge on any atom is 0.244 e. The largest absolute Gasteiger partial charge is 0.368 e. The molecule has 0 radical (unpaired) electrons. The molecule has 1 atom stereocenters. The number of hydrogen-bond acceptors (Lipinski definition) is 3. The maximum atomic E-state index is 12.9. The highest BCUT2D eigenvalue weighted by molar-refractivity contribution is 5.87. The van der Waals surface area contributed by atoms with Crippen molar-refractivity contribution in [2.75, 3.05) is 0 Å². The van der Waals surface area contributed by atoms with E-state index in [4.69, 9.17) is 5.73 Å². The number of nitrogens with two attached hydrogens (primary N) is 1. The van der Waals surface area contributed by atoms with Gasteiger partial charge in [-0.15, -0.1) is 0 Å². The van der Waals surface area contributed by atoms with Gasteiger partial charge in [-0.05, 0) is 41.8 Å². The quantitative estimate of drug-likeness (QED) is 0.848. The Morgan fingerprint density at radius 1 is 1.14 bits per heavy atom. The number of carbonyl (C=O) groups excluding carboxylic acids is 2. The number of primary amides is 1. The van der Waals surface area contributed by atoms with Gasteiger partial charge < -0.3 is 11.1 Å². The molecule has 6 heteroatoms. The lowest BCUT2D eigenvalue weighted by Gasteiger charge is -2.16. The van der Waals surface area contributed by atoms with Crippen LogP contribution in [0.2, 0.25) is 0 Å². The van der Waals surface area contributed by atoms with E-state index in [1.165, 1.54) is 24.3 Å². The van der Waals surface area contributed by atoms with Crippen molar-refractivity contribution in [3.63, 3.8) is 0 Å². The van der Waals surface area contributed by atoms with Crippen molar-refractivity contribution in [3.05, 3.63) is 65.7 Å². The van der Waals surface area contributed by atoms with E-state index < -0.39 is 17.8 Å². The number of aromatic nitrogens is 1. The first-order valence-corrected chi connectivity index (χ1v) is 6.79. The zero-order valence-corrected chi connectivity index (χ0v) is 11.8. The van der Waals surface area contributed by atoms with E-state index in [2.05, 4.69) is 10.3 Å². The topological polar surface area (TPSA) is 85.1 Å². The van der Waals surface area contributed by atoms with Crippen molar-refractivity contribution in [2.45, 2.75) is 18.9 Å². The van der Waals surface area contributed by atoms with E-state index in [0.29, 0.717) is 12.0 Å². The third kappa shape index (κ3) is 4.37. The Bertz CT molecular complexity index is 644. The van der Waals surface area contributed by atoms with Gasteiger partial charge in [-0.25, -0.2) is 4.39 Å². The summed E-state index contributed by atoms with van der Waals surface area (Å²) in [6, 6.07) is 7.95. The van der Waals surface area contributed by atoms with Gasteiger partial charge in [0.2, 0.25) is 11.8 Å². The summed E-state index contributed by atoms with van der Waals surface area (Å²) in [6.07, 6.45) is 4.05. The Morgan fingerprint density at radius 3 is 2.36 bits per heavy atom. The van der Waals surface area contributed by atoms with E-state index in [1.807, 2.05) is 12.1 Å². The molecule has 0 aliphatic carbocycles. The second kappa shape index (κ2) is 7.31. The molecule has 5 nitrogen and oxygen atoms in total. The number of amides is 2. The molecular weight excluding hydrogens is 285 g/mol. The predicted octanol–water partition coefficient (Wildman–Crippen LogP) is 1.50. The first-order valence-electron chi connectivity index (χ1n) is 6.79. The molecule has 22 heavy (non-hydrogen) atoms. The number of halogens is 1. The fourth-order valence-corrected chi connectivity index (χ4v) is 2.01. The van der Waals surface area contributed by atoms with Gasteiger partial charge in [0.05, 0.1) is 0 Å². The van der Waals surface area contributed by atoms with Crippen LogP contribution in [0.25, 0.3) is 0 Å². The van der Waals surface area contributed by atoms with Gasteiger partial charge in [0.15, 0.2) is 0 Å². The minimum Gasteiger partial charge on any atom is -0.368 e. The summed E-state index contributed by atoms with van der Waals surface area (Å²) in [6.45, 7) is 0. The molecule has 0 aliphatic rings. The number of nitrogens with one attached hydrogen (secondary N) is 1. The highest BCUT2D eigenvalue weighted by Gasteiger charge is 2.20. The molecular formula is C16H16FN3O2. The maximum absolute atomic E-state index is 12.9. The summed E-state index contributed by atoms with van der Waals surface area (Å²) in [5.74, 6) is -1.41. The van der Waals surface area contributed by atoms with Crippen LogP contribution in [0.15, 0.2) is 48.8 Å². The number of pyridine rings is 1. The number of carbonyl (C=O) groups is 2. The first kappa shape index (κ1) is 15.6. The molecule has 1 aromatic carbocycles. The number of nitrogens with zero attached hydrogens (tertiary/aromatic N) is 1. The zero-order valence-electron chi connectivity index (χ0n) is 11.8. The lowest BCUT2D eigenvalue weighted by molar-refractivity contribution is -0.127. The van der Waals surface area contributed by atoms with Crippen molar-refractivity contribution in [2.24, 2.45) is 5.73 Å². The summed E-state index contributed by atoms with van der Waals surface area (Å²) in [5.41, 5.74) is 6.73. The van der Waals surface area contributed by atoms with E-state index in [-0.39, 0.29) is 12.3 Å². The van der Waals surface area contributed by atoms with Crippen LogP contribution in [-0.2, 0) is 16.0 Å². The molecule has 0 fully saturated rings. The number of hydrogen-bond donors (Lipinski definition) is 2. The molecule has 2 aromatic rings. The Hall–Kier alpha value is -2.76. The Morgan fingerprint density at radius 2 is 1.77 bits per heavy atom. The monoisotopic (exact) mass is 301 g/mol. The summed E-state index contributed by atoms with van der Waals surface area (Å²) in [7, 11) is 0. The van der Waals surface area contributed by atoms with Crippen LogP contribution in [-0.4, -0.2) is 16.8 Å². The summed E-state index contributed by atoms with van der Waals surface area (Å²) < 4.78 is 12.9. The van der Waals surface area contributed by atoms with E-state index in [1.54, 1.807) is 12.4 Å². The normalized spacial score (nSPS) is 11.7. The molecule has 0 unspecified atom stereocenters. The predicted molar refractivity (Wildman–Crippen MR) is 79.0 cm³/mol. The smallest absolute Gasteiger partial charge is 0.244 e. The highest BCUT2D eigenvalue weighted by Crippen LogP contribution is 2.14. The summed E-state index contributed by atoms with van der Waals surface area (Å²) in [4.78, 5) is 27.4. The molecule has 0 saturated heterocycles. The summed E-state index contributed by atoms with van der Waals surface area (Å²) >= 11 is 0. The molecule has 1 heterocycles. The van der Waals surface area contributed by atoms with Gasteiger partial charge in [-0.2, -0.15) is 0 Å². The SMILES string of the molecule is NC(=O)[C@@H](NC(=O)CCc1ccncc1)c1ccc(F)cc1. The molecule has 2 amide bonds. The molecule has 0 saturated carbocycles. The van der Waals surface area contributed by atoms with Crippen LogP contribution in [0, 0.1) is 5.82 Å². The van der Waals surface area contributed by atoms with Crippen molar-refractivity contribution >= 4 is 11.8 Å². The highest BCUT2D eigenvalue weighted by atomic mass is 19.1. The average molecular weight is 301 g/mol. The second-order valence-corrected chi connectivity index (χ2v) is 4.81. The van der Waals surface area contributed by atoms with Crippen molar-refractivity contribution in [1.29, 1.82) is 0 Å². The second-order valence-electron chi connectivity index (χ2n) is 4.81. The van der Waals surface area contributed by atoms with Crippen LogP contribution >= 0.6 is 0 Å². The molecule has 114 valence electrons. The Kier molecular flexibility index (Phi) is 5.19. The minimum absolute atomic E-state index is 0.217. The van der Waals surface area contributed by atoms with Gasteiger partial charge in [-0.1, -0.05) is 12.1 Å². The van der Waals surface area contributed by atoms with Crippen LogP contribution in [0.4, 0.5) is 4.39 Å². The number of rotatable bonds is 6. The molecule has 0 aliphatic heterocycles. The Balaban J connectivity index is 1.97. The molecule has 2 rings (SSSR count). The lowest BCUT2D eigenvalue weighted by atomic mass is 10.1. The van der Waals surface area contributed by atoms with Gasteiger partial charge in [0, 0.05) is 18.8 Å². The van der Waals surface area contributed by atoms with Crippen molar-refractivity contribution in [1.82, 2.24) is 10.3 Å². The molecule has 3 N–H and O–H groups in total. The van der Waals surface area contributed by atoms with Gasteiger partial charge >= 0.3 is 0 Å². The average Bonchev–Trinajstić information content (AvgIpc) is 2.52. The van der Waals surface area contributed by atoms with Gasteiger partial charge in [0.25, 0.3) is 0 Å². The standard InChI is InChI=1S/C16H16FN3O2/c17-13-4-2-12(3-5-13)15(16(18)22)20-14(21)6-1-11-7-9-19-10-8-11/h2-5,7-10,15H,1,6H2,(H2,18,22)(H,20,21)/t15-/m0/s1. The van der Waals surface area contributed by atoms with Crippen molar-refractivity contribution in [3.8, 4) is 0 Å². The van der Waals surface area contributed by atoms with Crippen LogP contribution in [0.5, 0.6) is 0 Å². The summed E-state index contributed by atoms with van der Waals surface area (Å²) in [5, 5.41) is 2.57. The molecule has 0 spiro atoms. The van der Waals surface area contributed by atoms with Gasteiger partial charge in [0.1, 0.15) is 11.9 Å². The van der Waals surface area contributed by atoms with Crippen LogP contribution in [0.3, 0.4) is 0 Å². The number of aryl methyl sites for hydroxylation is 1. The minimum atomic E-state index is -0.967. The van der Waals surface area contributed by atoms with E-state index >= 15 is 0 Å². The van der Waals surface area contributed by atoms with Crippen LogP contribution < -0.4 is 11.1 Å². The molecule has 1 aromatic heterocycles. The van der Waals surface area contributed by atoms with E-state index in [9.17, 15) is 14.0 Å². The third-order valence-corrected chi connectivity index (χ3v) is 3.18.